The van der Waals surface area contributed by atoms with Gasteiger partial charge in [0.15, 0.2) is 11.6 Å². The number of hydrogen-bond acceptors (Lipinski definition) is 9. The number of ether oxygens (including phenoxy) is 3. The van der Waals surface area contributed by atoms with E-state index in [-0.39, 0.29) is 44.2 Å². The number of alkyl halides is 3. The predicted molar refractivity (Wildman–Crippen MR) is 136 cm³/mol. The number of H-pyrrole nitrogens is 1. The SMILES string of the molecule is CCC1[C@H]2COc3cc(Cl)cnc3N2CCN1C(=O)CCOC[C@H](COC)Nc1cn[nH]c(=O)c1C(F)(F)F. The molecule has 2 N–H and O–H groups in total. The molecule has 1 unspecified atom stereocenters. The molecule has 2 aliphatic rings. The summed E-state index contributed by atoms with van der Waals surface area (Å²) in [5.74, 6) is 1.25. The maximum atomic E-state index is 13.4. The van der Waals surface area contributed by atoms with Crippen LogP contribution in [-0.4, -0.2) is 90.7 Å². The van der Waals surface area contributed by atoms with Crippen LogP contribution in [0.25, 0.3) is 0 Å². The van der Waals surface area contributed by atoms with E-state index in [9.17, 15) is 22.8 Å². The van der Waals surface area contributed by atoms with Crippen LogP contribution in [-0.2, 0) is 20.4 Å². The second-order valence-corrected chi connectivity index (χ2v) is 9.65. The Balaban J connectivity index is 1.32. The number of halogens is 4. The van der Waals surface area contributed by atoms with E-state index in [0.29, 0.717) is 42.7 Å². The highest BCUT2D eigenvalue weighted by Gasteiger charge is 2.42. The summed E-state index contributed by atoms with van der Waals surface area (Å²) < 4.78 is 56.7. The number of hydrogen-bond donors (Lipinski definition) is 2. The second-order valence-electron chi connectivity index (χ2n) is 9.22. The van der Waals surface area contributed by atoms with Crippen LogP contribution in [0.4, 0.5) is 24.7 Å². The highest BCUT2D eigenvalue weighted by Crippen LogP contribution is 2.37. The molecule has 0 saturated carbocycles. The standard InChI is InChI=1S/C24H30ClF3N6O5/c1-3-17-18-13-39-19-8-14(25)9-29-22(19)34(18)6-5-33(17)20(35)4-7-38-12-15(11-37-2)31-16-10-30-32-23(36)21(16)24(26,27)28/h8-10,15,17-18H,3-7,11-13H2,1-2H3,(H2,31,32,36)/t15-,17?,18+/m0/s1. The number of carbonyl (C=O) groups is 1. The number of carbonyl (C=O) groups excluding carboxylic acids is 1. The minimum atomic E-state index is -4.88. The van der Waals surface area contributed by atoms with Crippen LogP contribution >= 0.6 is 11.6 Å². The number of anilines is 2. The molecule has 0 radical (unpaired) electrons. The fourth-order valence-electron chi connectivity index (χ4n) is 5.01. The molecule has 11 nitrogen and oxygen atoms in total. The Bertz CT molecular complexity index is 1220. The number of piperazine rings is 1. The van der Waals surface area contributed by atoms with E-state index in [1.807, 2.05) is 11.8 Å². The fourth-order valence-corrected chi connectivity index (χ4v) is 5.16. The molecular formula is C24H30ClF3N6O5. The lowest BCUT2D eigenvalue weighted by Crippen LogP contribution is -2.64. The summed E-state index contributed by atoms with van der Waals surface area (Å²) in [4.78, 5) is 33.3. The van der Waals surface area contributed by atoms with E-state index in [2.05, 4.69) is 20.3 Å². The van der Waals surface area contributed by atoms with Gasteiger partial charge in [0.2, 0.25) is 5.91 Å². The number of aromatic nitrogens is 3. The summed E-state index contributed by atoms with van der Waals surface area (Å²) >= 11 is 6.04. The Labute approximate surface area is 227 Å². The number of rotatable bonds is 10. The first-order valence-corrected chi connectivity index (χ1v) is 12.8. The molecule has 4 heterocycles. The predicted octanol–water partition coefficient (Wildman–Crippen LogP) is 2.56. The molecule has 0 aliphatic carbocycles. The zero-order chi connectivity index (χ0) is 28.2. The molecule has 4 rings (SSSR count). The van der Waals surface area contributed by atoms with Crippen molar-refractivity contribution in [1.29, 1.82) is 0 Å². The molecular weight excluding hydrogens is 545 g/mol. The fraction of sp³-hybridized carbons (Fsp3) is 0.583. The van der Waals surface area contributed by atoms with Crippen LogP contribution in [0.1, 0.15) is 25.3 Å². The van der Waals surface area contributed by atoms with Gasteiger partial charge in [-0.1, -0.05) is 18.5 Å². The summed E-state index contributed by atoms with van der Waals surface area (Å²) in [7, 11) is 1.39. The van der Waals surface area contributed by atoms with Gasteiger partial charge < -0.3 is 29.3 Å². The first kappa shape index (κ1) is 28.9. The zero-order valence-electron chi connectivity index (χ0n) is 21.5. The van der Waals surface area contributed by atoms with Crippen molar-refractivity contribution >= 4 is 29.0 Å². The van der Waals surface area contributed by atoms with Crippen LogP contribution < -0.4 is 20.5 Å². The van der Waals surface area contributed by atoms with Gasteiger partial charge in [-0.2, -0.15) is 18.3 Å². The lowest BCUT2D eigenvalue weighted by atomic mass is 9.97. The van der Waals surface area contributed by atoms with Crippen molar-refractivity contribution in [3.05, 3.63) is 39.4 Å². The number of aromatic amines is 1. The highest BCUT2D eigenvalue weighted by molar-refractivity contribution is 6.30. The summed E-state index contributed by atoms with van der Waals surface area (Å²) in [6.07, 6.45) is -1.61. The zero-order valence-corrected chi connectivity index (χ0v) is 22.2. The Kier molecular flexibility index (Phi) is 9.18. The maximum Gasteiger partial charge on any atom is 0.423 e. The van der Waals surface area contributed by atoms with E-state index < -0.39 is 29.0 Å². The van der Waals surface area contributed by atoms with Crippen molar-refractivity contribution in [2.75, 3.05) is 56.8 Å². The average molecular weight is 575 g/mol. The van der Waals surface area contributed by atoms with Crippen LogP contribution in [0.3, 0.4) is 0 Å². The van der Waals surface area contributed by atoms with Crippen LogP contribution in [0, 0.1) is 0 Å². The number of pyridine rings is 1. The van der Waals surface area contributed by atoms with Crippen LogP contribution in [0.5, 0.6) is 5.75 Å². The van der Waals surface area contributed by atoms with Gasteiger partial charge in [0.1, 0.15) is 12.2 Å². The monoisotopic (exact) mass is 574 g/mol. The van der Waals surface area contributed by atoms with E-state index in [1.54, 1.807) is 17.4 Å². The minimum absolute atomic E-state index is 0.000310. The molecule has 0 spiro atoms. The third-order valence-corrected chi connectivity index (χ3v) is 6.90. The van der Waals surface area contributed by atoms with E-state index in [4.69, 9.17) is 25.8 Å². The molecule has 0 bridgehead atoms. The Hall–Kier alpha value is -3.10. The minimum Gasteiger partial charge on any atom is -0.487 e. The van der Waals surface area contributed by atoms with Gasteiger partial charge in [0, 0.05) is 32.5 Å². The largest absolute Gasteiger partial charge is 0.487 e. The second kappa shape index (κ2) is 12.4. The maximum absolute atomic E-state index is 13.4. The molecule has 1 amide bonds. The number of fused-ring (bicyclic) bond motifs is 3. The van der Waals surface area contributed by atoms with Gasteiger partial charge in [-0.3, -0.25) is 9.59 Å². The number of nitrogens with zero attached hydrogens (tertiary/aromatic N) is 4. The van der Waals surface area contributed by atoms with Gasteiger partial charge in [-0.15, -0.1) is 0 Å². The Morgan fingerprint density at radius 1 is 1.33 bits per heavy atom. The van der Waals surface area contributed by atoms with Crippen LogP contribution in [0.2, 0.25) is 5.02 Å². The number of nitrogens with one attached hydrogen (secondary N) is 2. The molecule has 3 atom stereocenters. The van der Waals surface area contributed by atoms with Crippen molar-refractivity contribution in [3.8, 4) is 5.75 Å². The average Bonchev–Trinajstić information content (AvgIpc) is 2.89. The normalized spacial score (nSPS) is 19.6. The molecule has 2 aromatic rings. The first-order chi connectivity index (χ1) is 18.6. The summed E-state index contributed by atoms with van der Waals surface area (Å²) in [5.41, 5.74) is -3.22. The number of amides is 1. The van der Waals surface area contributed by atoms with E-state index >= 15 is 0 Å². The topological polar surface area (TPSA) is 122 Å². The third kappa shape index (κ3) is 6.56. The van der Waals surface area contributed by atoms with Gasteiger partial charge >= 0.3 is 6.18 Å². The van der Waals surface area contributed by atoms with E-state index in [0.717, 1.165) is 6.20 Å². The highest BCUT2D eigenvalue weighted by atomic mass is 35.5. The lowest BCUT2D eigenvalue weighted by Gasteiger charge is -2.50. The van der Waals surface area contributed by atoms with Crippen molar-refractivity contribution in [2.24, 2.45) is 0 Å². The third-order valence-electron chi connectivity index (χ3n) is 6.69. The molecule has 2 aliphatic heterocycles. The lowest BCUT2D eigenvalue weighted by molar-refractivity contribution is -0.138. The van der Waals surface area contributed by atoms with Gasteiger partial charge in [-0.25, -0.2) is 10.1 Å². The summed E-state index contributed by atoms with van der Waals surface area (Å²) in [6, 6.07) is 0.861. The van der Waals surface area contributed by atoms with Crippen molar-refractivity contribution < 1.29 is 32.2 Å². The van der Waals surface area contributed by atoms with Crippen molar-refractivity contribution in [2.45, 2.75) is 44.1 Å². The van der Waals surface area contributed by atoms with E-state index in [1.165, 1.54) is 7.11 Å². The molecule has 1 saturated heterocycles. The first-order valence-electron chi connectivity index (χ1n) is 12.5. The molecule has 0 aromatic carbocycles. The van der Waals surface area contributed by atoms with Crippen LogP contribution in [0.15, 0.2) is 23.3 Å². The summed E-state index contributed by atoms with van der Waals surface area (Å²) in [6.45, 7) is 3.50. The van der Waals surface area contributed by atoms with Crippen molar-refractivity contribution in [1.82, 2.24) is 20.1 Å². The summed E-state index contributed by atoms with van der Waals surface area (Å²) in [5, 5.41) is 8.36. The van der Waals surface area contributed by atoms with Crippen molar-refractivity contribution in [3.63, 3.8) is 0 Å². The molecule has 2 aromatic heterocycles. The smallest absolute Gasteiger partial charge is 0.423 e. The molecule has 214 valence electrons. The molecule has 39 heavy (non-hydrogen) atoms. The van der Waals surface area contributed by atoms with Gasteiger partial charge in [0.25, 0.3) is 5.56 Å². The molecule has 15 heteroatoms. The Morgan fingerprint density at radius 2 is 2.13 bits per heavy atom. The van der Waals surface area contributed by atoms with Gasteiger partial charge in [0.05, 0.1) is 61.3 Å². The molecule has 1 fully saturated rings. The number of methoxy groups -OCH3 is 1. The quantitative estimate of drug-likeness (QED) is 0.412. The Morgan fingerprint density at radius 3 is 2.85 bits per heavy atom. The van der Waals surface area contributed by atoms with Gasteiger partial charge in [-0.05, 0) is 6.42 Å².